The van der Waals surface area contributed by atoms with E-state index in [4.69, 9.17) is 5.73 Å². The molecule has 0 spiro atoms. The molecule has 2 aromatic rings. The minimum atomic E-state index is -0.000822. The molecule has 0 bridgehead atoms. The molecule has 130 valence electrons. The fraction of sp³-hybridized carbons (Fsp3) is 0.529. The van der Waals surface area contributed by atoms with E-state index >= 15 is 0 Å². The lowest BCUT2D eigenvalue weighted by atomic mass is 10.1. The second-order valence-electron chi connectivity index (χ2n) is 6.03. The van der Waals surface area contributed by atoms with Crippen LogP contribution in [0.4, 0.5) is 0 Å². The number of amides is 1. The van der Waals surface area contributed by atoms with Crippen LogP contribution in [-0.2, 0) is 11.2 Å². The van der Waals surface area contributed by atoms with Gasteiger partial charge in [-0.05, 0) is 53.1 Å². The third kappa shape index (κ3) is 4.38. The van der Waals surface area contributed by atoms with Crippen molar-refractivity contribution in [2.45, 2.75) is 47.0 Å². The first-order valence-corrected chi connectivity index (χ1v) is 8.27. The second kappa shape index (κ2) is 8.01. The molecule has 0 radical (unpaired) electrons. The van der Waals surface area contributed by atoms with Crippen molar-refractivity contribution in [3.05, 3.63) is 34.4 Å². The molecular formula is C17H26N6O. The van der Waals surface area contributed by atoms with Gasteiger partial charge in [0, 0.05) is 29.2 Å². The van der Waals surface area contributed by atoms with E-state index in [9.17, 15) is 4.79 Å². The highest BCUT2D eigenvalue weighted by molar-refractivity contribution is 5.79. The lowest BCUT2D eigenvalue weighted by Gasteiger charge is -2.07. The number of carbonyl (C=O) groups excluding carboxylic acids is 1. The molecule has 0 aliphatic carbocycles. The number of rotatable bonds is 7. The molecule has 7 heteroatoms. The van der Waals surface area contributed by atoms with Gasteiger partial charge in [0.05, 0.1) is 12.1 Å². The second-order valence-corrected chi connectivity index (χ2v) is 6.03. The molecule has 0 saturated carbocycles. The zero-order valence-electron chi connectivity index (χ0n) is 14.9. The number of unbranched alkanes of at least 4 members (excludes halogenated alkanes) is 1. The minimum absolute atomic E-state index is 0.000822. The van der Waals surface area contributed by atoms with Gasteiger partial charge in [0.25, 0.3) is 5.95 Å². The van der Waals surface area contributed by atoms with Gasteiger partial charge in [-0.3, -0.25) is 4.79 Å². The van der Waals surface area contributed by atoms with Gasteiger partial charge in [0.2, 0.25) is 5.91 Å². The summed E-state index contributed by atoms with van der Waals surface area (Å²) in [6.45, 7) is 9.01. The number of hydrogen-bond donors (Lipinski definition) is 2. The smallest absolute Gasteiger partial charge is 0.251 e. The molecule has 2 heterocycles. The Labute approximate surface area is 142 Å². The lowest BCUT2D eigenvalue weighted by Crippen LogP contribution is -2.26. The van der Waals surface area contributed by atoms with E-state index in [1.807, 2.05) is 33.8 Å². The molecule has 24 heavy (non-hydrogen) atoms. The van der Waals surface area contributed by atoms with Crippen molar-refractivity contribution in [2.24, 2.45) is 5.73 Å². The Kier molecular flexibility index (Phi) is 6.03. The Hall–Kier alpha value is -2.28. The summed E-state index contributed by atoms with van der Waals surface area (Å²) in [6.07, 6.45) is 2.13. The lowest BCUT2D eigenvalue weighted by molar-refractivity contribution is -0.120. The topological polar surface area (TPSA) is 98.7 Å². The third-order valence-electron chi connectivity index (χ3n) is 3.89. The van der Waals surface area contributed by atoms with Crippen LogP contribution in [0.2, 0.25) is 0 Å². The first-order valence-electron chi connectivity index (χ1n) is 8.27. The molecule has 7 nitrogen and oxygen atoms in total. The summed E-state index contributed by atoms with van der Waals surface area (Å²) in [7, 11) is 0. The predicted molar refractivity (Wildman–Crippen MR) is 93.1 cm³/mol. The highest BCUT2D eigenvalue weighted by Crippen LogP contribution is 2.17. The Morgan fingerprint density at radius 1 is 1.17 bits per heavy atom. The van der Waals surface area contributed by atoms with Gasteiger partial charge in [-0.15, -0.1) is 0 Å². The van der Waals surface area contributed by atoms with Crippen LogP contribution in [0, 0.1) is 27.7 Å². The Bertz CT molecular complexity index is 702. The molecule has 3 N–H and O–H groups in total. The van der Waals surface area contributed by atoms with Crippen molar-refractivity contribution in [1.82, 2.24) is 25.1 Å². The number of nitrogens with zero attached hydrogens (tertiary/aromatic N) is 4. The highest BCUT2D eigenvalue weighted by Gasteiger charge is 2.17. The molecule has 1 amide bonds. The monoisotopic (exact) mass is 330 g/mol. The molecule has 0 aliphatic heterocycles. The van der Waals surface area contributed by atoms with Crippen molar-refractivity contribution in [1.29, 1.82) is 0 Å². The summed E-state index contributed by atoms with van der Waals surface area (Å²) >= 11 is 0. The van der Waals surface area contributed by atoms with Gasteiger partial charge >= 0.3 is 0 Å². The van der Waals surface area contributed by atoms with Crippen molar-refractivity contribution in [3.63, 3.8) is 0 Å². The number of nitrogens with two attached hydrogens (primary N) is 1. The molecule has 0 fully saturated rings. The van der Waals surface area contributed by atoms with Gasteiger partial charge in [-0.2, -0.15) is 5.10 Å². The minimum Gasteiger partial charge on any atom is -0.356 e. The van der Waals surface area contributed by atoms with Gasteiger partial charge < -0.3 is 11.1 Å². The van der Waals surface area contributed by atoms with Crippen LogP contribution < -0.4 is 11.1 Å². The van der Waals surface area contributed by atoms with E-state index < -0.39 is 0 Å². The molecule has 2 aromatic heterocycles. The summed E-state index contributed by atoms with van der Waals surface area (Å²) < 4.78 is 1.71. The maximum Gasteiger partial charge on any atom is 0.251 e. The summed E-state index contributed by atoms with van der Waals surface area (Å²) in [5.74, 6) is 0.543. The van der Waals surface area contributed by atoms with E-state index in [-0.39, 0.29) is 5.91 Å². The Balaban J connectivity index is 2.15. The number of aromatic nitrogens is 4. The van der Waals surface area contributed by atoms with Crippen LogP contribution >= 0.6 is 0 Å². The van der Waals surface area contributed by atoms with Crippen LogP contribution in [0.1, 0.15) is 41.2 Å². The zero-order chi connectivity index (χ0) is 17.7. The van der Waals surface area contributed by atoms with E-state index in [2.05, 4.69) is 20.4 Å². The molecule has 0 aromatic carbocycles. The first-order chi connectivity index (χ1) is 11.4. The molecule has 0 saturated heterocycles. The SMILES string of the molecule is Cc1cc(C)nc(-n2nc(C)c(CC(=O)NCCCCN)c2C)n1. The largest absolute Gasteiger partial charge is 0.356 e. The number of carbonyl (C=O) groups is 1. The van der Waals surface area contributed by atoms with E-state index in [0.29, 0.717) is 25.5 Å². The van der Waals surface area contributed by atoms with Crippen molar-refractivity contribution in [2.75, 3.05) is 13.1 Å². The van der Waals surface area contributed by atoms with Crippen molar-refractivity contribution >= 4 is 5.91 Å². The number of aryl methyl sites for hydroxylation is 3. The normalized spacial score (nSPS) is 10.9. The van der Waals surface area contributed by atoms with Gasteiger partial charge in [0.15, 0.2) is 0 Å². The average Bonchev–Trinajstić information content (AvgIpc) is 2.79. The maximum atomic E-state index is 12.1. The fourth-order valence-electron chi connectivity index (χ4n) is 2.65. The van der Waals surface area contributed by atoms with Crippen molar-refractivity contribution < 1.29 is 4.79 Å². The van der Waals surface area contributed by atoms with Crippen LogP contribution in [-0.4, -0.2) is 38.7 Å². The van der Waals surface area contributed by atoms with Crippen LogP contribution in [0.25, 0.3) is 5.95 Å². The van der Waals surface area contributed by atoms with Gasteiger partial charge in [0.1, 0.15) is 0 Å². The fourth-order valence-corrected chi connectivity index (χ4v) is 2.65. The van der Waals surface area contributed by atoms with Crippen LogP contribution in [0.5, 0.6) is 0 Å². The van der Waals surface area contributed by atoms with E-state index in [1.165, 1.54) is 0 Å². The Morgan fingerprint density at radius 2 is 1.83 bits per heavy atom. The van der Waals surface area contributed by atoms with Crippen LogP contribution in [0.15, 0.2) is 6.07 Å². The highest BCUT2D eigenvalue weighted by atomic mass is 16.1. The summed E-state index contributed by atoms with van der Waals surface area (Å²) in [4.78, 5) is 21.0. The molecule has 0 unspecified atom stereocenters. The van der Waals surface area contributed by atoms with E-state index in [1.54, 1.807) is 4.68 Å². The predicted octanol–water partition coefficient (Wildman–Crippen LogP) is 1.29. The van der Waals surface area contributed by atoms with Gasteiger partial charge in [-0.1, -0.05) is 0 Å². The van der Waals surface area contributed by atoms with Crippen LogP contribution in [0.3, 0.4) is 0 Å². The maximum absolute atomic E-state index is 12.1. The summed E-state index contributed by atoms with van der Waals surface area (Å²) in [5, 5.41) is 7.45. The average molecular weight is 330 g/mol. The van der Waals surface area contributed by atoms with E-state index in [0.717, 1.165) is 41.2 Å². The van der Waals surface area contributed by atoms with Gasteiger partial charge in [-0.25, -0.2) is 14.6 Å². The molecule has 2 rings (SSSR count). The quantitative estimate of drug-likeness (QED) is 0.745. The zero-order valence-corrected chi connectivity index (χ0v) is 14.9. The summed E-state index contributed by atoms with van der Waals surface area (Å²) in [6, 6.07) is 1.92. The number of hydrogen-bond acceptors (Lipinski definition) is 5. The first kappa shape index (κ1) is 18.1. The molecule has 0 aliphatic rings. The number of nitrogens with one attached hydrogen (secondary N) is 1. The third-order valence-corrected chi connectivity index (χ3v) is 3.89. The Morgan fingerprint density at radius 3 is 2.46 bits per heavy atom. The molecule has 0 atom stereocenters. The molecular weight excluding hydrogens is 304 g/mol. The summed E-state index contributed by atoms with van der Waals surface area (Å²) in [5.41, 5.74) is 9.89. The van der Waals surface area contributed by atoms with Crippen molar-refractivity contribution in [3.8, 4) is 5.95 Å². The standard InChI is InChI=1S/C17H26N6O/c1-11-9-12(2)21-17(20-11)23-14(4)15(13(3)22-23)10-16(24)19-8-6-5-7-18/h9H,5-8,10,18H2,1-4H3,(H,19,24).